The third-order valence-corrected chi connectivity index (χ3v) is 4.35. The summed E-state index contributed by atoms with van der Waals surface area (Å²) in [6, 6.07) is 10.1. The number of rotatable bonds is 3. The molecule has 0 aliphatic carbocycles. The Kier molecular flexibility index (Phi) is 3.97. The lowest BCUT2D eigenvalue weighted by atomic mass is 9.77. The first kappa shape index (κ1) is 15.1. The number of halogens is 3. The third-order valence-electron chi connectivity index (χ3n) is 3.71. The molecule has 0 saturated carbocycles. The van der Waals surface area contributed by atoms with Crippen LogP contribution in [0.5, 0.6) is 0 Å². The van der Waals surface area contributed by atoms with Crippen LogP contribution in [0.2, 0.25) is 0 Å². The Balaban J connectivity index is 1.87. The maximum Gasteiger partial charge on any atom is 0.239 e. The quantitative estimate of drug-likeness (QED) is 0.899. The summed E-state index contributed by atoms with van der Waals surface area (Å²) in [5, 5.41) is 2.72. The highest BCUT2D eigenvalue weighted by atomic mass is 79.9. The largest absolute Gasteiger partial charge is 0.378 e. The standard InChI is InChI=1S/C16H12BrF2NO2/c17-13-6-1-10(7-14(13)19)16(8-22-9-16)15(21)20-12-4-2-11(18)3-5-12/h1-7H,8-9H2,(H,20,21). The second-order valence-corrected chi connectivity index (χ2v) is 6.02. The van der Waals surface area contributed by atoms with E-state index in [4.69, 9.17) is 4.74 Å². The van der Waals surface area contributed by atoms with Crippen molar-refractivity contribution in [3.63, 3.8) is 0 Å². The minimum atomic E-state index is -0.921. The highest BCUT2D eigenvalue weighted by molar-refractivity contribution is 9.10. The van der Waals surface area contributed by atoms with Crippen molar-refractivity contribution >= 4 is 27.5 Å². The lowest BCUT2D eigenvalue weighted by Gasteiger charge is -2.40. The maximum atomic E-state index is 13.7. The van der Waals surface area contributed by atoms with Crippen molar-refractivity contribution in [1.29, 1.82) is 0 Å². The number of carbonyl (C=O) groups excluding carboxylic acids is 1. The minimum Gasteiger partial charge on any atom is -0.378 e. The lowest BCUT2D eigenvalue weighted by molar-refractivity contribution is -0.139. The summed E-state index contributed by atoms with van der Waals surface area (Å²) in [6.45, 7) is 0.363. The van der Waals surface area contributed by atoms with Gasteiger partial charge in [0.15, 0.2) is 0 Å². The second kappa shape index (κ2) is 5.78. The van der Waals surface area contributed by atoms with Crippen molar-refractivity contribution in [3.05, 3.63) is 64.1 Å². The van der Waals surface area contributed by atoms with Crippen molar-refractivity contribution in [3.8, 4) is 0 Å². The first-order chi connectivity index (χ1) is 10.5. The van der Waals surface area contributed by atoms with Crippen LogP contribution in [0.4, 0.5) is 14.5 Å². The molecule has 0 bridgehead atoms. The lowest BCUT2D eigenvalue weighted by Crippen LogP contribution is -2.55. The van der Waals surface area contributed by atoms with Crippen LogP contribution in [-0.2, 0) is 14.9 Å². The maximum absolute atomic E-state index is 13.7. The van der Waals surface area contributed by atoms with Crippen LogP contribution in [-0.4, -0.2) is 19.1 Å². The van der Waals surface area contributed by atoms with Gasteiger partial charge in [0, 0.05) is 5.69 Å². The summed E-state index contributed by atoms with van der Waals surface area (Å²) in [6.07, 6.45) is 0. The van der Waals surface area contributed by atoms with Crippen molar-refractivity contribution in [1.82, 2.24) is 0 Å². The average Bonchev–Trinajstić information content (AvgIpc) is 2.44. The Labute approximate surface area is 134 Å². The zero-order chi connectivity index (χ0) is 15.7. The van der Waals surface area contributed by atoms with E-state index in [0.29, 0.717) is 15.7 Å². The number of hydrogen-bond donors (Lipinski definition) is 1. The predicted molar refractivity (Wildman–Crippen MR) is 81.6 cm³/mol. The van der Waals surface area contributed by atoms with E-state index in [1.54, 1.807) is 12.1 Å². The zero-order valence-corrected chi connectivity index (χ0v) is 13.0. The van der Waals surface area contributed by atoms with E-state index >= 15 is 0 Å². The number of nitrogens with one attached hydrogen (secondary N) is 1. The Morgan fingerprint density at radius 1 is 1.14 bits per heavy atom. The smallest absolute Gasteiger partial charge is 0.239 e. The van der Waals surface area contributed by atoms with Gasteiger partial charge in [-0.3, -0.25) is 4.79 Å². The molecule has 1 fully saturated rings. The number of amides is 1. The van der Waals surface area contributed by atoms with Crippen LogP contribution in [0.3, 0.4) is 0 Å². The van der Waals surface area contributed by atoms with E-state index in [9.17, 15) is 13.6 Å². The minimum absolute atomic E-state index is 0.182. The molecule has 22 heavy (non-hydrogen) atoms. The molecule has 1 aliphatic heterocycles. The molecule has 6 heteroatoms. The molecule has 1 aliphatic rings. The fourth-order valence-corrected chi connectivity index (χ4v) is 2.56. The second-order valence-electron chi connectivity index (χ2n) is 5.16. The topological polar surface area (TPSA) is 38.3 Å². The van der Waals surface area contributed by atoms with Crippen LogP contribution >= 0.6 is 15.9 Å². The SMILES string of the molecule is O=C(Nc1ccc(F)cc1)C1(c2ccc(Br)c(F)c2)COC1. The van der Waals surface area contributed by atoms with Crippen molar-refractivity contribution < 1.29 is 18.3 Å². The molecule has 0 atom stereocenters. The molecule has 0 aromatic heterocycles. The van der Waals surface area contributed by atoms with E-state index in [1.165, 1.54) is 30.3 Å². The summed E-state index contributed by atoms with van der Waals surface area (Å²) < 4.78 is 32.2. The summed E-state index contributed by atoms with van der Waals surface area (Å²) in [5.41, 5.74) is 0.116. The van der Waals surface area contributed by atoms with E-state index in [1.807, 2.05) is 0 Å². The number of ether oxygens (including phenoxy) is 1. The van der Waals surface area contributed by atoms with Crippen LogP contribution < -0.4 is 5.32 Å². The molecule has 1 amide bonds. The van der Waals surface area contributed by atoms with Gasteiger partial charge >= 0.3 is 0 Å². The number of hydrogen-bond acceptors (Lipinski definition) is 2. The number of benzene rings is 2. The molecular formula is C16H12BrF2NO2. The average molecular weight is 368 g/mol. The van der Waals surface area contributed by atoms with Crippen LogP contribution in [0.25, 0.3) is 0 Å². The Morgan fingerprint density at radius 2 is 1.82 bits per heavy atom. The Morgan fingerprint density at radius 3 is 2.36 bits per heavy atom. The highest BCUT2D eigenvalue weighted by Crippen LogP contribution is 2.35. The Bertz CT molecular complexity index is 715. The van der Waals surface area contributed by atoms with E-state index in [0.717, 1.165) is 0 Å². The molecule has 1 heterocycles. The van der Waals surface area contributed by atoms with Gasteiger partial charge in [-0.25, -0.2) is 8.78 Å². The van der Waals surface area contributed by atoms with Gasteiger partial charge in [-0.2, -0.15) is 0 Å². The van der Waals surface area contributed by atoms with Gasteiger partial charge in [0.2, 0.25) is 5.91 Å². The van der Waals surface area contributed by atoms with E-state index < -0.39 is 11.2 Å². The van der Waals surface area contributed by atoms with Gasteiger partial charge in [-0.1, -0.05) is 6.07 Å². The van der Waals surface area contributed by atoms with Crippen LogP contribution in [0.15, 0.2) is 46.9 Å². The molecule has 2 aromatic carbocycles. The van der Waals surface area contributed by atoms with Gasteiger partial charge in [-0.05, 0) is 57.9 Å². The molecular weight excluding hydrogens is 356 g/mol. The summed E-state index contributed by atoms with van der Waals surface area (Å²) in [5.74, 6) is -1.11. The number of carbonyl (C=O) groups is 1. The van der Waals surface area contributed by atoms with Gasteiger partial charge in [0.1, 0.15) is 17.0 Å². The predicted octanol–water partition coefficient (Wildman–Crippen LogP) is 3.63. The molecule has 114 valence electrons. The van der Waals surface area contributed by atoms with Gasteiger partial charge in [0.05, 0.1) is 17.7 Å². The van der Waals surface area contributed by atoms with Crippen LogP contribution in [0, 0.1) is 11.6 Å². The fraction of sp³-hybridized carbons (Fsp3) is 0.188. The molecule has 3 nitrogen and oxygen atoms in total. The first-order valence-corrected chi connectivity index (χ1v) is 7.41. The molecule has 1 saturated heterocycles. The molecule has 1 N–H and O–H groups in total. The summed E-state index contributed by atoms with van der Waals surface area (Å²) in [7, 11) is 0. The zero-order valence-electron chi connectivity index (χ0n) is 11.4. The molecule has 2 aromatic rings. The number of anilines is 1. The van der Waals surface area contributed by atoms with Crippen molar-refractivity contribution in [2.75, 3.05) is 18.5 Å². The molecule has 0 radical (unpaired) electrons. The van der Waals surface area contributed by atoms with E-state index in [2.05, 4.69) is 21.2 Å². The Hall–Kier alpha value is -1.79. The monoisotopic (exact) mass is 367 g/mol. The van der Waals surface area contributed by atoms with Gasteiger partial charge in [0.25, 0.3) is 0 Å². The fourth-order valence-electron chi connectivity index (χ4n) is 2.31. The highest BCUT2D eigenvalue weighted by Gasteiger charge is 2.47. The molecule has 0 spiro atoms. The molecule has 3 rings (SSSR count). The third kappa shape index (κ3) is 2.64. The van der Waals surface area contributed by atoms with Crippen molar-refractivity contribution in [2.24, 2.45) is 0 Å². The van der Waals surface area contributed by atoms with Gasteiger partial charge in [-0.15, -0.1) is 0 Å². The first-order valence-electron chi connectivity index (χ1n) is 6.61. The normalized spacial score (nSPS) is 16.0. The molecule has 0 unspecified atom stereocenters. The summed E-state index contributed by atoms with van der Waals surface area (Å²) in [4.78, 5) is 12.6. The summed E-state index contributed by atoms with van der Waals surface area (Å²) >= 11 is 3.09. The van der Waals surface area contributed by atoms with Crippen molar-refractivity contribution in [2.45, 2.75) is 5.41 Å². The van der Waals surface area contributed by atoms with E-state index in [-0.39, 0.29) is 24.9 Å². The van der Waals surface area contributed by atoms with Gasteiger partial charge < -0.3 is 10.1 Å². The van der Waals surface area contributed by atoms with Crippen LogP contribution in [0.1, 0.15) is 5.56 Å².